The van der Waals surface area contributed by atoms with Gasteiger partial charge in [0.25, 0.3) is 0 Å². The largest absolute Gasteiger partial charge is 0.481 e. The van der Waals surface area contributed by atoms with Crippen molar-refractivity contribution in [1.29, 1.82) is 0 Å². The summed E-state index contributed by atoms with van der Waals surface area (Å²) in [6.45, 7) is 2.61. The standard InChI is InChI=1S/C26H33NO7/c1-31-14-15-33-17-16-32-13-11-19(25(28)29)10-12-27-26(30)34-18-24-22-8-4-2-6-20(22)21-7-3-5-9-23(21)24/h2-9,19,24H,10-18H2,1H3,(H,27,30)(H,28,29). The number of hydrogen-bond donors (Lipinski definition) is 2. The zero-order chi connectivity index (χ0) is 24.2. The molecule has 2 aromatic rings. The Morgan fingerprint density at radius 3 is 2.09 bits per heavy atom. The number of fused-ring (bicyclic) bond motifs is 3. The van der Waals surface area contributed by atoms with Crippen LogP contribution in [0.2, 0.25) is 0 Å². The van der Waals surface area contributed by atoms with Crippen LogP contribution in [-0.4, -0.2) is 70.5 Å². The van der Waals surface area contributed by atoms with Gasteiger partial charge < -0.3 is 29.4 Å². The third-order valence-electron chi connectivity index (χ3n) is 5.87. The van der Waals surface area contributed by atoms with Crippen molar-refractivity contribution < 1.29 is 33.6 Å². The molecule has 0 spiro atoms. The molecule has 0 bridgehead atoms. The number of carboxylic acids is 1. The Kier molecular flexibility index (Phi) is 10.3. The van der Waals surface area contributed by atoms with Gasteiger partial charge in [-0.25, -0.2) is 4.79 Å². The van der Waals surface area contributed by atoms with Gasteiger partial charge >= 0.3 is 12.1 Å². The van der Waals surface area contributed by atoms with Gasteiger partial charge in [-0.05, 0) is 35.1 Å². The monoisotopic (exact) mass is 471 g/mol. The van der Waals surface area contributed by atoms with E-state index in [9.17, 15) is 14.7 Å². The highest BCUT2D eigenvalue weighted by molar-refractivity contribution is 5.79. The fourth-order valence-electron chi connectivity index (χ4n) is 4.08. The summed E-state index contributed by atoms with van der Waals surface area (Å²) in [7, 11) is 1.61. The average Bonchev–Trinajstić information content (AvgIpc) is 3.17. The van der Waals surface area contributed by atoms with Crippen molar-refractivity contribution in [2.24, 2.45) is 5.92 Å². The first-order valence-electron chi connectivity index (χ1n) is 11.6. The fourth-order valence-corrected chi connectivity index (χ4v) is 4.08. The maximum atomic E-state index is 12.3. The second-order valence-electron chi connectivity index (χ2n) is 8.08. The van der Waals surface area contributed by atoms with Crippen LogP contribution in [0.15, 0.2) is 48.5 Å². The molecule has 0 saturated heterocycles. The van der Waals surface area contributed by atoms with E-state index in [-0.39, 0.29) is 19.1 Å². The van der Waals surface area contributed by atoms with E-state index in [1.54, 1.807) is 7.11 Å². The normalized spacial score (nSPS) is 13.2. The molecule has 34 heavy (non-hydrogen) atoms. The minimum absolute atomic E-state index is 0.0134. The van der Waals surface area contributed by atoms with E-state index in [0.717, 1.165) is 11.1 Å². The molecule has 184 valence electrons. The first-order chi connectivity index (χ1) is 16.6. The molecular weight excluding hydrogens is 438 g/mol. The van der Waals surface area contributed by atoms with E-state index in [4.69, 9.17) is 18.9 Å². The lowest BCUT2D eigenvalue weighted by Gasteiger charge is -2.16. The summed E-state index contributed by atoms with van der Waals surface area (Å²) >= 11 is 0. The molecule has 1 atom stereocenters. The summed E-state index contributed by atoms with van der Waals surface area (Å²) < 4.78 is 21.1. The number of hydrogen-bond acceptors (Lipinski definition) is 6. The van der Waals surface area contributed by atoms with Crippen LogP contribution in [-0.2, 0) is 23.7 Å². The van der Waals surface area contributed by atoms with E-state index in [1.807, 2.05) is 24.3 Å². The van der Waals surface area contributed by atoms with Crippen LogP contribution in [0.3, 0.4) is 0 Å². The average molecular weight is 472 g/mol. The third kappa shape index (κ3) is 7.28. The summed E-state index contributed by atoms with van der Waals surface area (Å²) in [6.07, 6.45) is 0.114. The van der Waals surface area contributed by atoms with Gasteiger partial charge in [-0.2, -0.15) is 0 Å². The van der Waals surface area contributed by atoms with Crippen LogP contribution < -0.4 is 5.32 Å². The molecule has 8 heteroatoms. The van der Waals surface area contributed by atoms with Crippen molar-refractivity contribution in [3.05, 3.63) is 59.7 Å². The number of carboxylic acid groups (broad SMARTS) is 1. The van der Waals surface area contributed by atoms with Crippen molar-refractivity contribution in [2.75, 3.05) is 53.3 Å². The summed E-state index contributed by atoms with van der Waals surface area (Å²) in [4.78, 5) is 23.8. The molecule has 1 aliphatic carbocycles. The number of ether oxygens (including phenoxy) is 4. The van der Waals surface area contributed by atoms with Gasteiger partial charge in [0, 0.05) is 26.2 Å². The quantitative estimate of drug-likeness (QED) is 0.382. The van der Waals surface area contributed by atoms with Crippen LogP contribution >= 0.6 is 0 Å². The predicted octanol–water partition coefficient (Wildman–Crippen LogP) is 3.69. The van der Waals surface area contributed by atoms with E-state index in [2.05, 4.69) is 29.6 Å². The lowest BCUT2D eigenvalue weighted by atomic mass is 9.98. The number of alkyl carbamates (subject to hydrolysis) is 1. The molecule has 2 aromatic carbocycles. The number of aliphatic carboxylic acids is 1. The predicted molar refractivity (Wildman–Crippen MR) is 127 cm³/mol. The van der Waals surface area contributed by atoms with Crippen LogP contribution in [0, 0.1) is 5.92 Å². The minimum atomic E-state index is -0.908. The minimum Gasteiger partial charge on any atom is -0.481 e. The summed E-state index contributed by atoms with van der Waals surface area (Å²) in [6, 6.07) is 16.3. The second-order valence-corrected chi connectivity index (χ2v) is 8.08. The van der Waals surface area contributed by atoms with E-state index >= 15 is 0 Å². The zero-order valence-corrected chi connectivity index (χ0v) is 19.5. The zero-order valence-electron chi connectivity index (χ0n) is 19.5. The van der Waals surface area contributed by atoms with Gasteiger partial charge in [0.15, 0.2) is 0 Å². The highest BCUT2D eigenvalue weighted by atomic mass is 16.5. The molecule has 0 fully saturated rings. The summed E-state index contributed by atoms with van der Waals surface area (Å²) in [5, 5.41) is 12.1. The van der Waals surface area contributed by atoms with Crippen molar-refractivity contribution in [2.45, 2.75) is 18.8 Å². The van der Waals surface area contributed by atoms with Crippen molar-refractivity contribution in [1.82, 2.24) is 5.32 Å². The van der Waals surface area contributed by atoms with Gasteiger partial charge in [0.05, 0.1) is 32.3 Å². The molecule has 0 saturated carbocycles. The second kappa shape index (κ2) is 13.7. The van der Waals surface area contributed by atoms with Gasteiger partial charge in [-0.15, -0.1) is 0 Å². The number of methoxy groups -OCH3 is 1. The van der Waals surface area contributed by atoms with Crippen molar-refractivity contribution in [3.8, 4) is 11.1 Å². The molecule has 0 aromatic heterocycles. The molecule has 1 unspecified atom stereocenters. The highest BCUT2D eigenvalue weighted by Crippen LogP contribution is 2.44. The number of nitrogens with one attached hydrogen (secondary N) is 1. The molecule has 2 N–H and O–H groups in total. The summed E-state index contributed by atoms with van der Waals surface area (Å²) in [5.41, 5.74) is 4.62. The molecule has 1 aliphatic rings. The van der Waals surface area contributed by atoms with Crippen molar-refractivity contribution in [3.63, 3.8) is 0 Å². The van der Waals surface area contributed by atoms with E-state index in [0.29, 0.717) is 45.9 Å². The van der Waals surface area contributed by atoms with Gasteiger partial charge in [-0.1, -0.05) is 48.5 Å². The molecule has 0 heterocycles. The SMILES string of the molecule is COCCOCCOCCC(CCNC(=O)OCC1c2ccccc2-c2ccccc21)C(=O)O. The van der Waals surface area contributed by atoms with Crippen LogP contribution in [0.5, 0.6) is 0 Å². The Hall–Kier alpha value is -2.94. The first kappa shape index (κ1) is 25.7. The maximum absolute atomic E-state index is 12.3. The number of carbonyl (C=O) groups excluding carboxylic acids is 1. The number of amides is 1. The molecule has 0 aliphatic heterocycles. The number of rotatable bonds is 15. The summed E-state index contributed by atoms with van der Waals surface area (Å²) in [5.74, 6) is -1.53. The van der Waals surface area contributed by atoms with Crippen LogP contribution in [0.25, 0.3) is 11.1 Å². The molecular formula is C26H33NO7. The lowest BCUT2D eigenvalue weighted by molar-refractivity contribution is -0.142. The Labute approximate surface area is 200 Å². The van der Waals surface area contributed by atoms with Gasteiger partial charge in [-0.3, -0.25) is 4.79 Å². The topological polar surface area (TPSA) is 103 Å². The Balaban J connectivity index is 1.36. The molecule has 3 rings (SSSR count). The van der Waals surface area contributed by atoms with Gasteiger partial charge in [0.1, 0.15) is 6.61 Å². The van der Waals surface area contributed by atoms with E-state index in [1.165, 1.54) is 11.1 Å². The Morgan fingerprint density at radius 2 is 1.47 bits per heavy atom. The van der Waals surface area contributed by atoms with Crippen molar-refractivity contribution >= 4 is 12.1 Å². The fraction of sp³-hybridized carbons (Fsp3) is 0.462. The Bertz CT molecular complexity index is 887. The highest BCUT2D eigenvalue weighted by Gasteiger charge is 2.29. The number of benzene rings is 2. The Morgan fingerprint density at radius 1 is 0.882 bits per heavy atom. The molecule has 1 amide bonds. The van der Waals surface area contributed by atoms with E-state index < -0.39 is 18.0 Å². The van der Waals surface area contributed by atoms with Crippen LogP contribution in [0.4, 0.5) is 4.79 Å². The lowest BCUT2D eigenvalue weighted by Crippen LogP contribution is -2.30. The number of carbonyl (C=O) groups is 2. The smallest absolute Gasteiger partial charge is 0.407 e. The van der Waals surface area contributed by atoms with Crippen LogP contribution in [0.1, 0.15) is 29.9 Å². The first-order valence-corrected chi connectivity index (χ1v) is 11.6. The molecule has 8 nitrogen and oxygen atoms in total. The third-order valence-corrected chi connectivity index (χ3v) is 5.87. The maximum Gasteiger partial charge on any atom is 0.407 e. The molecule has 0 radical (unpaired) electrons. The van der Waals surface area contributed by atoms with Gasteiger partial charge in [0.2, 0.25) is 0 Å².